The summed E-state index contributed by atoms with van der Waals surface area (Å²) < 4.78 is 0. The average molecular weight is 262 g/mol. The number of likely N-dealkylation sites (tertiary alicyclic amines) is 1. The zero-order valence-electron chi connectivity index (χ0n) is 11.8. The molecule has 2 unspecified atom stereocenters. The Morgan fingerprint density at radius 2 is 2.21 bits per heavy atom. The fraction of sp³-hybridized carbons (Fsp3) is 0.533. The molecule has 0 aliphatic carbocycles. The molecule has 19 heavy (non-hydrogen) atoms. The van der Waals surface area contributed by atoms with Crippen molar-refractivity contribution in [2.75, 3.05) is 13.6 Å². The summed E-state index contributed by atoms with van der Waals surface area (Å²) in [5.74, 6) is 0.154. The van der Waals surface area contributed by atoms with Crippen molar-refractivity contribution in [1.29, 1.82) is 0 Å². The van der Waals surface area contributed by atoms with E-state index in [1.165, 1.54) is 0 Å². The number of benzene rings is 1. The maximum atomic E-state index is 12.2. The van der Waals surface area contributed by atoms with Gasteiger partial charge in [0.05, 0.1) is 0 Å². The van der Waals surface area contributed by atoms with Crippen molar-refractivity contribution in [3.63, 3.8) is 0 Å². The van der Waals surface area contributed by atoms with Crippen LogP contribution < -0.4 is 5.32 Å². The SMILES string of the molecule is Cc1cc(O)ccc1C(=O)NC1CCN(C)C(C)C1. The van der Waals surface area contributed by atoms with E-state index in [0.717, 1.165) is 24.9 Å². The number of piperidine rings is 1. The summed E-state index contributed by atoms with van der Waals surface area (Å²) in [6.07, 6.45) is 1.98. The Bertz CT molecular complexity index is 473. The molecule has 104 valence electrons. The number of aromatic hydroxyl groups is 1. The number of hydrogen-bond acceptors (Lipinski definition) is 3. The second-order valence-corrected chi connectivity index (χ2v) is 5.52. The van der Waals surface area contributed by atoms with Crippen LogP contribution in [0.1, 0.15) is 35.7 Å². The highest BCUT2D eigenvalue weighted by Gasteiger charge is 2.24. The molecule has 0 saturated carbocycles. The van der Waals surface area contributed by atoms with Crippen LogP contribution >= 0.6 is 0 Å². The van der Waals surface area contributed by atoms with Crippen molar-refractivity contribution in [1.82, 2.24) is 10.2 Å². The summed E-state index contributed by atoms with van der Waals surface area (Å²) in [6, 6.07) is 5.59. The number of carbonyl (C=O) groups excluding carboxylic acids is 1. The Hall–Kier alpha value is -1.55. The lowest BCUT2D eigenvalue weighted by molar-refractivity contribution is 0.0896. The lowest BCUT2D eigenvalue weighted by Crippen LogP contribution is -2.47. The van der Waals surface area contributed by atoms with Crippen LogP contribution in [0.15, 0.2) is 18.2 Å². The summed E-state index contributed by atoms with van der Waals surface area (Å²) in [7, 11) is 2.12. The summed E-state index contributed by atoms with van der Waals surface area (Å²) in [5, 5.41) is 12.5. The molecule has 2 N–H and O–H groups in total. The van der Waals surface area contributed by atoms with Crippen molar-refractivity contribution < 1.29 is 9.90 Å². The number of nitrogens with zero attached hydrogens (tertiary/aromatic N) is 1. The van der Waals surface area contributed by atoms with Gasteiger partial charge in [0, 0.05) is 24.2 Å². The highest BCUT2D eigenvalue weighted by atomic mass is 16.3. The van der Waals surface area contributed by atoms with Gasteiger partial charge in [-0.25, -0.2) is 0 Å². The van der Waals surface area contributed by atoms with Gasteiger partial charge in [0.1, 0.15) is 5.75 Å². The van der Waals surface area contributed by atoms with Gasteiger partial charge in [-0.05, 0) is 57.5 Å². The molecule has 1 amide bonds. The Kier molecular flexibility index (Phi) is 4.10. The predicted molar refractivity (Wildman–Crippen MR) is 75.4 cm³/mol. The molecular formula is C15H22N2O2. The molecule has 0 bridgehead atoms. The van der Waals surface area contributed by atoms with Crippen molar-refractivity contribution in [3.8, 4) is 5.75 Å². The van der Waals surface area contributed by atoms with Gasteiger partial charge in [0.25, 0.3) is 5.91 Å². The van der Waals surface area contributed by atoms with Gasteiger partial charge in [0.2, 0.25) is 0 Å². The molecular weight excluding hydrogens is 240 g/mol. The van der Waals surface area contributed by atoms with E-state index in [1.807, 2.05) is 6.92 Å². The van der Waals surface area contributed by atoms with E-state index in [9.17, 15) is 9.90 Å². The first kappa shape index (κ1) is 13.9. The number of aryl methyl sites for hydroxylation is 1. The van der Waals surface area contributed by atoms with Gasteiger partial charge < -0.3 is 15.3 Å². The quantitative estimate of drug-likeness (QED) is 0.856. The van der Waals surface area contributed by atoms with Crippen molar-refractivity contribution in [3.05, 3.63) is 29.3 Å². The number of carbonyl (C=O) groups is 1. The molecule has 0 aromatic heterocycles. The van der Waals surface area contributed by atoms with Crippen molar-refractivity contribution in [2.45, 2.75) is 38.8 Å². The van der Waals surface area contributed by atoms with Gasteiger partial charge in [0.15, 0.2) is 0 Å². The molecule has 1 aromatic carbocycles. The Labute approximate surface area is 114 Å². The minimum Gasteiger partial charge on any atom is -0.508 e. The van der Waals surface area contributed by atoms with Crippen LogP contribution in [0.2, 0.25) is 0 Å². The number of rotatable bonds is 2. The molecule has 2 atom stereocenters. The number of phenols is 1. The number of amides is 1. The third-order valence-electron chi connectivity index (χ3n) is 4.00. The van der Waals surface area contributed by atoms with E-state index in [1.54, 1.807) is 18.2 Å². The van der Waals surface area contributed by atoms with Crippen molar-refractivity contribution in [2.24, 2.45) is 0 Å². The molecule has 1 aromatic rings. The molecule has 1 aliphatic rings. The molecule has 1 heterocycles. The highest BCUT2D eigenvalue weighted by Crippen LogP contribution is 2.18. The standard InChI is InChI=1S/C15H22N2O2/c1-10-8-13(18)4-5-14(10)15(19)16-12-6-7-17(3)11(2)9-12/h4-5,8,11-12,18H,6-7,9H2,1-3H3,(H,16,19). The summed E-state index contributed by atoms with van der Waals surface area (Å²) >= 11 is 0. The van der Waals surface area contributed by atoms with Crippen LogP contribution in [0.4, 0.5) is 0 Å². The monoisotopic (exact) mass is 262 g/mol. The summed E-state index contributed by atoms with van der Waals surface area (Å²) in [4.78, 5) is 14.5. The minimum absolute atomic E-state index is 0.0424. The van der Waals surface area contributed by atoms with E-state index < -0.39 is 0 Å². The fourth-order valence-electron chi connectivity index (χ4n) is 2.59. The summed E-state index contributed by atoms with van der Waals surface area (Å²) in [6.45, 7) is 5.04. The van der Waals surface area contributed by atoms with Crippen LogP contribution in [0.3, 0.4) is 0 Å². The number of phenolic OH excluding ortho intramolecular Hbond substituents is 1. The van der Waals surface area contributed by atoms with Crippen LogP contribution in [0.5, 0.6) is 5.75 Å². The van der Waals surface area contributed by atoms with Gasteiger partial charge in [-0.3, -0.25) is 4.79 Å². The molecule has 4 nitrogen and oxygen atoms in total. The smallest absolute Gasteiger partial charge is 0.251 e. The van der Waals surface area contributed by atoms with Crippen LogP contribution in [-0.4, -0.2) is 41.6 Å². The zero-order valence-corrected chi connectivity index (χ0v) is 11.8. The molecule has 4 heteroatoms. The van der Waals surface area contributed by atoms with E-state index in [0.29, 0.717) is 11.6 Å². The largest absolute Gasteiger partial charge is 0.508 e. The second-order valence-electron chi connectivity index (χ2n) is 5.52. The topological polar surface area (TPSA) is 52.6 Å². The fourth-order valence-corrected chi connectivity index (χ4v) is 2.59. The molecule has 1 saturated heterocycles. The third kappa shape index (κ3) is 3.26. The van der Waals surface area contributed by atoms with Gasteiger partial charge in [-0.2, -0.15) is 0 Å². The van der Waals surface area contributed by atoms with Crippen LogP contribution in [-0.2, 0) is 0 Å². The van der Waals surface area contributed by atoms with E-state index >= 15 is 0 Å². The van der Waals surface area contributed by atoms with Gasteiger partial charge in [-0.15, -0.1) is 0 Å². The molecule has 1 fully saturated rings. The van der Waals surface area contributed by atoms with Crippen LogP contribution in [0, 0.1) is 6.92 Å². The first-order valence-corrected chi connectivity index (χ1v) is 6.78. The van der Waals surface area contributed by atoms with Crippen LogP contribution in [0.25, 0.3) is 0 Å². The van der Waals surface area contributed by atoms with Crippen molar-refractivity contribution >= 4 is 5.91 Å². The maximum absolute atomic E-state index is 12.2. The number of nitrogens with one attached hydrogen (secondary N) is 1. The lowest BCUT2D eigenvalue weighted by atomic mass is 9.98. The normalized spacial score (nSPS) is 24.2. The predicted octanol–water partition coefficient (Wildman–Crippen LogP) is 1.91. The highest BCUT2D eigenvalue weighted by molar-refractivity contribution is 5.96. The molecule has 2 rings (SSSR count). The zero-order chi connectivity index (χ0) is 14.0. The molecule has 0 spiro atoms. The Morgan fingerprint density at radius 1 is 1.47 bits per heavy atom. The third-order valence-corrected chi connectivity index (χ3v) is 4.00. The Balaban J connectivity index is 2.01. The summed E-state index contributed by atoms with van der Waals surface area (Å²) in [5.41, 5.74) is 1.45. The van der Waals surface area contributed by atoms with E-state index in [2.05, 4.69) is 24.2 Å². The lowest BCUT2D eigenvalue weighted by Gasteiger charge is -2.35. The second kappa shape index (κ2) is 5.61. The van der Waals surface area contributed by atoms with Gasteiger partial charge >= 0.3 is 0 Å². The van der Waals surface area contributed by atoms with E-state index in [4.69, 9.17) is 0 Å². The first-order valence-electron chi connectivity index (χ1n) is 6.78. The first-order chi connectivity index (χ1) is 8.97. The van der Waals surface area contributed by atoms with Gasteiger partial charge in [-0.1, -0.05) is 0 Å². The molecule has 1 aliphatic heterocycles. The average Bonchev–Trinajstić information content (AvgIpc) is 2.33. The minimum atomic E-state index is -0.0424. The Morgan fingerprint density at radius 3 is 2.84 bits per heavy atom. The number of hydrogen-bond donors (Lipinski definition) is 2. The van der Waals surface area contributed by atoms with E-state index in [-0.39, 0.29) is 17.7 Å². The maximum Gasteiger partial charge on any atom is 0.251 e. The molecule has 0 radical (unpaired) electrons.